The van der Waals surface area contributed by atoms with Gasteiger partial charge < -0.3 is 24.8 Å². The van der Waals surface area contributed by atoms with Gasteiger partial charge >= 0.3 is 0 Å². The fourth-order valence-electron chi connectivity index (χ4n) is 2.16. The van der Waals surface area contributed by atoms with Crippen molar-refractivity contribution in [1.29, 1.82) is 0 Å². The van der Waals surface area contributed by atoms with Gasteiger partial charge in [-0.15, -0.1) is 0 Å². The summed E-state index contributed by atoms with van der Waals surface area (Å²) in [7, 11) is 5.05. The quantitative estimate of drug-likeness (QED) is 0.438. The summed E-state index contributed by atoms with van der Waals surface area (Å²) in [5.41, 5.74) is 1.15. The fourth-order valence-corrected chi connectivity index (χ4v) is 2.16. The molecule has 0 aliphatic carbocycles. The Balaban J connectivity index is 1.68. The lowest BCUT2D eigenvalue weighted by Crippen LogP contribution is -2.38. The molecule has 0 unspecified atom stereocenters. The monoisotopic (exact) mass is 343 g/mol. The lowest BCUT2D eigenvalue weighted by atomic mass is 10.2. The molecule has 0 aliphatic rings. The number of aliphatic imine (C=N–C) groups is 1. The highest BCUT2D eigenvalue weighted by Gasteiger charge is 2.00. The van der Waals surface area contributed by atoms with E-state index in [1.807, 2.05) is 48.5 Å². The Morgan fingerprint density at radius 1 is 0.840 bits per heavy atom. The first-order chi connectivity index (χ1) is 12.2. The third kappa shape index (κ3) is 6.25. The molecule has 2 aromatic rings. The second-order valence-electron chi connectivity index (χ2n) is 5.22. The van der Waals surface area contributed by atoms with Gasteiger partial charge in [0.2, 0.25) is 0 Å². The van der Waals surface area contributed by atoms with Crippen molar-refractivity contribution in [3.63, 3.8) is 0 Å². The predicted octanol–water partition coefficient (Wildman–Crippen LogP) is 2.45. The lowest BCUT2D eigenvalue weighted by molar-refractivity contribution is 0.321. The fraction of sp³-hybridized carbons (Fsp3) is 0.316. The maximum absolute atomic E-state index is 5.67. The minimum atomic E-state index is 0.537. The van der Waals surface area contributed by atoms with Crippen molar-refractivity contribution in [1.82, 2.24) is 10.6 Å². The number of methoxy groups -OCH3 is 2. The molecule has 2 aromatic carbocycles. The van der Waals surface area contributed by atoms with Crippen molar-refractivity contribution in [2.45, 2.75) is 6.54 Å². The zero-order valence-electron chi connectivity index (χ0n) is 14.9. The number of hydrogen-bond acceptors (Lipinski definition) is 4. The summed E-state index contributed by atoms with van der Waals surface area (Å²) >= 11 is 0. The van der Waals surface area contributed by atoms with Crippen LogP contribution in [0.25, 0.3) is 0 Å². The van der Waals surface area contributed by atoms with Gasteiger partial charge in [0.1, 0.15) is 23.9 Å². The van der Waals surface area contributed by atoms with Crippen molar-refractivity contribution >= 4 is 5.96 Å². The number of guanidine groups is 1. The van der Waals surface area contributed by atoms with Crippen molar-refractivity contribution in [3.05, 3.63) is 54.1 Å². The van der Waals surface area contributed by atoms with Gasteiger partial charge in [0.15, 0.2) is 5.96 Å². The molecule has 0 bridgehead atoms. The zero-order valence-corrected chi connectivity index (χ0v) is 14.9. The summed E-state index contributed by atoms with van der Waals surface area (Å²) < 4.78 is 15.9. The normalized spacial score (nSPS) is 10.9. The van der Waals surface area contributed by atoms with Gasteiger partial charge in [-0.3, -0.25) is 4.99 Å². The van der Waals surface area contributed by atoms with Crippen molar-refractivity contribution < 1.29 is 14.2 Å². The van der Waals surface area contributed by atoms with E-state index < -0.39 is 0 Å². The maximum Gasteiger partial charge on any atom is 0.191 e. The molecule has 0 fully saturated rings. The topological polar surface area (TPSA) is 64.1 Å². The Labute approximate surface area is 148 Å². The van der Waals surface area contributed by atoms with Crippen LogP contribution in [0.4, 0.5) is 0 Å². The van der Waals surface area contributed by atoms with Gasteiger partial charge in [-0.05, 0) is 42.0 Å². The maximum atomic E-state index is 5.67. The van der Waals surface area contributed by atoms with E-state index in [-0.39, 0.29) is 0 Å². The first-order valence-corrected chi connectivity index (χ1v) is 8.09. The summed E-state index contributed by atoms with van der Waals surface area (Å²) in [6.45, 7) is 1.87. The molecule has 0 aromatic heterocycles. The average molecular weight is 343 g/mol. The Kier molecular flexibility index (Phi) is 7.43. The highest BCUT2D eigenvalue weighted by atomic mass is 16.5. The Bertz CT molecular complexity index is 655. The van der Waals surface area contributed by atoms with E-state index in [0.29, 0.717) is 19.7 Å². The number of ether oxygens (including phenoxy) is 3. The largest absolute Gasteiger partial charge is 0.497 e. The molecule has 25 heavy (non-hydrogen) atoms. The third-order valence-electron chi connectivity index (χ3n) is 3.57. The molecule has 2 N–H and O–H groups in total. The van der Waals surface area contributed by atoms with E-state index in [2.05, 4.69) is 15.6 Å². The van der Waals surface area contributed by atoms with Crippen LogP contribution in [0.3, 0.4) is 0 Å². The Morgan fingerprint density at radius 2 is 1.40 bits per heavy atom. The minimum Gasteiger partial charge on any atom is -0.497 e. The first-order valence-electron chi connectivity index (χ1n) is 8.09. The molecule has 0 spiro atoms. The van der Waals surface area contributed by atoms with Gasteiger partial charge in [-0.25, -0.2) is 0 Å². The minimum absolute atomic E-state index is 0.537. The molecule has 0 atom stereocenters. The molecule has 6 heteroatoms. The van der Waals surface area contributed by atoms with Crippen LogP contribution in [-0.2, 0) is 6.54 Å². The van der Waals surface area contributed by atoms with Crippen LogP contribution in [0, 0.1) is 0 Å². The molecule has 0 radical (unpaired) electrons. The molecular weight excluding hydrogens is 318 g/mol. The van der Waals surface area contributed by atoms with Gasteiger partial charge in [-0.1, -0.05) is 12.1 Å². The second-order valence-corrected chi connectivity index (χ2v) is 5.22. The number of benzene rings is 2. The highest BCUT2D eigenvalue weighted by Crippen LogP contribution is 2.16. The van der Waals surface area contributed by atoms with Crippen LogP contribution in [0.5, 0.6) is 17.2 Å². The average Bonchev–Trinajstić information content (AvgIpc) is 2.68. The summed E-state index contributed by atoms with van der Waals surface area (Å²) in [5.74, 6) is 3.20. The molecule has 0 saturated heterocycles. The molecule has 2 rings (SSSR count). The van der Waals surface area contributed by atoms with Crippen LogP contribution >= 0.6 is 0 Å². The summed E-state index contributed by atoms with van der Waals surface area (Å²) in [6, 6.07) is 15.4. The number of rotatable bonds is 8. The summed E-state index contributed by atoms with van der Waals surface area (Å²) in [6.07, 6.45) is 0. The molecule has 0 aliphatic heterocycles. The molecule has 6 nitrogen and oxygen atoms in total. The predicted molar refractivity (Wildman–Crippen MR) is 99.7 cm³/mol. The first kappa shape index (κ1) is 18.4. The highest BCUT2D eigenvalue weighted by molar-refractivity contribution is 5.79. The number of nitrogens with zero attached hydrogens (tertiary/aromatic N) is 1. The standard InChI is InChI=1S/C19H25N3O3/c1-20-19(22-14-15-4-6-16(23-2)7-5-15)21-12-13-25-18-10-8-17(24-3)9-11-18/h4-11H,12-14H2,1-3H3,(H2,20,21,22). The van der Waals surface area contributed by atoms with E-state index in [4.69, 9.17) is 14.2 Å². The third-order valence-corrected chi connectivity index (χ3v) is 3.57. The summed E-state index contributed by atoms with van der Waals surface area (Å²) in [5, 5.41) is 6.48. The van der Waals surface area contributed by atoms with Crippen LogP contribution in [-0.4, -0.2) is 40.4 Å². The van der Waals surface area contributed by atoms with E-state index in [0.717, 1.165) is 28.8 Å². The van der Waals surface area contributed by atoms with E-state index in [9.17, 15) is 0 Å². The smallest absolute Gasteiger partial charge is 0.191 e. The van der Waals surface area contributed by atoms with E-state index >= 15 is 0 Å². The van der Waals surface area contributed by atoms with Gasteiger partial charge in [0.05, 0.1) is 20.8 Å². The van der Waals surface area contributed by atoms with Crippen LogP contribution in [0.15, 0.2) is 53.5 Å². The SMILES string of the molecule is CN=C(NCCOc1ccc(OC)cc1)NCc1ccc(OC)cc1. The molecule has 134 valence electrons. The summed E-state index contributed by atoms with van der Waals surface area (Å²) in [4.78, 5) is 4.20. The van der Waals surface area contributed by atoms with Crippen LogP contribution in [0.1, 0.15) is 5.56 Å². The van der Waals surface area contributed by atoms with Gasteiger partial charge in [-0.2, -0.15) is 0 Å². The van der Waals surface area contributed by atoms with Crippen molar-refractivity contribution in [2.24, 2.45) is 4.99 Å². The molecular formula is C19H25N3O3. The number of nitrogens with one attached hydrogen (secondary N) is 2. The second kappa shape index (κ2) is 10.1. The Hall–Kier alpha value is -2.89. The number of hydrogen-bond donors (Lipinski definition) is 2. The molecule has 0 saturated carbocycles. The van der Waals surface area contributed by atoms with Crippen molar-refractivity contribution in [3.8, 4) is 17.2 Å². The van der Waals surface area contributed by atoms with Crippen LogP contribution in [0.2, 0.25) is 0 Å². The van der Waals surface area contributed by atoms with Gasteiger partial charge in [0.25, 0.3) is 0 Å². The lowest BCUT2D eigenvalue weighted by Gasteiger charge is -2.13. The molecule has 0 amide bonds. The van der Waals surface area contributed by atoms with Crippen LogP contribution < -0.4 is 24.8 Å². The van der Waals surface area contributed by atoms with Gasteiger partial charge in [0, 0.05) is 13.6 Å². The van der Waals surface area contributed by atoms with Crippen molar-refractivity contribution in [2.75, 3.05) is 34.4 Å². The van der Waals surface area contributed by atoms with E-state index in [1.54, 1.807) is 21.3 Å². The van der Waals surface area contributed by atoms with E-state index in [1.165, 1.54) is 0 Å². The zero-order chi connectivity index (χ0) is 17.9. The molecule has 0 heterocycles. The Morgan fingerprint density at radius 3 is 1.96 bits per heavy atom.